The first kappa shape index (κ1) is 14.4. The number of rotatable bonds is 4. The Morgan fingerprint density at radius 3 is 2.47 bits per heavy atom. The minimum Gasteiger partial charge on any atom is -0.296 e. The van der Waals surface area contributed by atoms with Gasteiger partial charge in [-0.1, -0.05) is 6.07 Å². The molecule has 0 unspecified atom stereocenters. The molecular weight excluding hydrogens is 262 g/mol. The minimum atomic E-state index is -3.10. The van der Waals surface area contributed by atoms with Gasteiger partial charge in [-0.25, -0.2) is 8.42 Å². The Kier molecular flexibility index (Phi) is 4.54. The van der Waals surface area contributed by atoms with Crippen LogP contribution in [0.2, 0.25) is 0 Å². The van der Waals surface area contributed by atoms with Crippen LogP contribution in [0.3, 0.4) is 0 Å². The van der Waals surface area contributed by atoms with E-state index in [9.17, 15) is 8.42 Å². The summed E-state index contributed by atoms with van der Waals surface area (Å²) in [5.74, 6) is 0. The molecule has 1 fully saturated rings. The molecule has 2 rings (SSSR count). The third-order valence-electron chi connectivity index (χ3n) is 3.42. The monoisotopic (exact) mass is 283 g/mol. The fourth-order valence-corrected chi connectivity index (χ4v) is 3.46. The van der Waals surface area contributed by atoms with Gasteiger partial charge in [0.1, 0.15) is 0 Å². The van der Waals surface area contributed by atoms with Crippen LogP contribution in [0, 0.1) is 0 Å². The second-order valence-corrected chi connectivity index (χ2v) is 7.62. The number of nitrogens with zero attached hydrogens (tertiary/aromatic N) is 3. The van der Waals surface area contributed by atoms with Crippen LogP contribution in [0.25, 0.3) is 0 Å². The molecule has 1 aliphatic rings. The predicted molar refractivity (Wildman–Crippen MR) is 75.1 cm³/mol. The van der Waals surface area contributed by atoms with Crippen molar-refractivity contribution in [2.45, 2.75) is 25.6 Å². The molecule has 0 aromatic carbocycles. The van der Waals surface area contributed by atoms with E-state index in [0.717, 1.165) is 19.6 Å². The van der Waals surface area contributed by atoms with Gasteiger partial charge in [-0.15, -0.1) is 0 Å². The fraction of sp³-hybridized carbons (Fsp3) is 0.615. The van der Waals surface area contributed by atoms with Crippen LogP contribution in [0.1, 0.15) is 19.4 Å². The number of sulfonamides is 1. The van der Waals surface area contributed by atoms with Gasteiger partial charge in [0.2, 0.25) is 10.0 Å². The first-order chi connectivity index (χ1) is 9.00. The highest BCUT2D eigenvalue weighted by atomic mass is 32.2. The molecule has 5 nitrogen and oxygen atoms in total. The van der Waals surface area contributed by atoms with Crippen LogP contribution in [0.15, 0.2) is 24.5 Å². The fourth-order valence-electron chi connectivity index (χ4n) is 2.19. The molecule has 106 valence electrons. The zero-order valence-electron chi connectivity index (χ0n) is 11.5. The smallest absolute Gasteiger partial charge is 0.216 e. The van der Waals surface area contributed by atoms with E-state index in [-0.39, 0.29) is 5.25 Å². The molecule has 0 bridgehead atoms. The van der Waals surface area contributed by atoms with Crippen molar-refractivity contribution >= 4 is 10.0 Å². The normalized spacial score (nSPS) is 18.9. The van der Waals surface area contributed by atoms with Gasteiger partial charge in [0, 0.05) is 45.1 Å². The SMILES string of the molecule is CC(C)S(=O)(=O)N1CCN(Cc2cccnc2)CC1. The molecule has 1 aliphatic heterocycles. The van der Waals surface area contributed by atoms with E-state index in [1.165, 1.54) is 5.56 Å². The molecule has 1 aromatic heterocycles. The Balaban J connectivity index is 1.90. The number of hydrogen-bond donors (Lipinski definition) is 0. The number of aromatic nitrogens is 1. The number of pyridine rings is 1. The van der Waals surface area contributed by atoms with Crippen molar-refractivity contribution in [3.8, 4) is 0 Å². The molecule has 0 atom stereocenters. The van der Waals surface area contributed by atoms with Gasteiger partial charge in [0.15, 0.2) is 0 Å². The maximum atomic E-state index is 12.0. The van der Waals surface area contributed by atoms with Crippen molar-refractivity contribution in [2.24, 2.45) is 0 Å². The van der Waals surface area contributed by atoms with Crippen LogP contribution >= 0.6 is 0 Å². The standard InChI is InChI=1S/C13H21N3O2S/c1-12(2)19(17,18)16-8-6-15(7-9-16)11-13-4-3-5-14-10-13/h3-5,10,12H,6-9,11H2,1-2H3. The van der Waals surface area contributed by atoms with Crippen molar-refractivity contribution < 1.29 is 8.42 Å². The first-order valence-electron chi connectivity index (χ1n) is 6.60. The highest BCUT2D eigenvalue weighted by Crippen LogP contribution is 2.13. The second kappa shape index (κ2) is 5.98. The zero-order valence-corrected chi connectivity index (χ0v) is 12.3. The van der Waals surface area contributed by atoms with Gasteiger partial charge in [-0.3, -0.25) is 9.88 Å². The van der Waals surface area contributed by atoms with Crippen LogP contribution in [-0.4, -0.2) is 54.0 Å². The molecule has 0 aliphatic carbocycles. The zero-order chi connectivity index (χ0) is 13.9. The Labute approximate surface area is 115 Å². The molecule has 2 heterocycles. The third-order valence-corrected chi connectivity index (χ3v) is 5.69. The van der Waals surface area contributed by atoms with E-state index in [1.807, 2.05) is 18.3 Å². The van der Waals surface area contributed by atoms with Crippen molar-refractivity contribution in [1.82, 2.24) is 14.2 Å². The molecule has 0 spiro atoms. The summed E-state index contributed by atoms with van der Waals surface area (Å²) in [6.07, 6.45) is 3.62. The highest BCUT2D eigenvalue weighted by Gasteiger charge is 2.29. The molecule has 1 aromatic rings. The van der Waals surface area contributed by atoms with Crippen LogP contribution in [0.4, 0.5) is 0 Å². The minimum absolute atomic E-state index is 0.336. The summed E-state index contributed by atoms with van der Waals surface area (Å²) in [5, 5.41) is -0.336. The summed E-state index contributed by atoms with van der Waals surface area (Å²) in [6.45, 7) is 7.03. The van der Waals surface area contributed by atoms with Gasteiger partial charge in [0.25, 0.3) is 0 Å². The topological polar surface area (TPSA) is 53.5 Å². The maximum Gasteiger partial charge on any atom is 0.216 e. The van der Waals surface area contributed by atoms with E-state index < -0.39 is 10.0 Å². The van der Waals surface area contributed by atoms with E-state index in [0.29, 0.717) is 13.1 Å². The second-order valence-electron chi connectivity index (χ2n) is 5.13. The summed E-state index contributed by atoms with van der Waals surface area (Å²) in [6, 6.07) is 3.97. The van der Waals surface area contributed by atoms with Gasteiger partial charge >= 0.3 is 0 Å². The Morgan fingerprint density at radius 2 is 1.95 bits per heavy atom. The molecular formula is C13H21N3O2S. The van der Waals surface area contributed by atoms with E-state index in [2.05, 4.69) is 9.88 Å². The van der Waals surface area contributed by atoms with Gasteiger partial charge in [-0.05, 0) is 25.5 Å². The maximum absolute atomic E-state index is 12.0. The molecule has 19 heavy (non-hydrogen) atoms. The summed E-state index contributed by atoms with van der Waals surface area (Å²) < 4.78 is 25.7. The van der Waals surface area contributed by atoms with Gasteiger partial charge < -0.3 is 0 Å². The first-order valence-corrected chi connectivity index (χ1v) is 8.10. The quantitative estimate of drug-likeness (QED) is 0.825. The van der Waals surface area contributed by atoms with E-state index in [1.54, 1.807) is 24.3 Å². The number of piperazine rings is 1. The Bertz CT molecular complexity index is 494. The van der Waals surface area contributed by atoms with Crippen LogP contribution in [0.5, 0.6) is 0 Å². The van der Waals surface area contributed by atoms with E-state index in [4.69, 9.17) is 0 Å². The predicted octanol–water partition coefficient (Wildman–Crippen LogP) is 0.937. The largest absolute Gasteiger partial charge is 0.296 e. The average Bonchev–Trinajstić information content (AvgIpc) is 2.40. The molecule has 0 amide bonds. The molecule has 1 saturated heterocycles. The van der Waals surface area contributed by atoms with Crippen LogP contribution in [-0.2, 0) is 16.6 Å². The Morgan fingerprint density at radius 1 is 1.26 bits per heavy atom. The summed E-state index contributed by atoms with van der Waals surface area (Å²) in [4.78, 5) is 6.36. The molecule has 0 N–H and O–H groups in total. The third kappa shape index (κ3) is 3.52. The van der Waals surface area contributed by atoms with Gasteiger partial charge in [0.05, 0.1) is 5.25 Å². The van der Waals surface area contributed by atoms with E-state index >= 15 is 0 Å². The summed E-state index contributed by atoms with van der Waals surface area (Å²) in [5.41, 5.74) is 1.17. The Hall–Kier alpha value is -0.980. The molecule has 6 heteroatoms. The lowest BCUT2D eigenvalue weighted by molar-refractivity contribution is 0.181. The van der Waals surface area contributed by atoms with Gasteiger partial charge in [-0.2, -0.15) is 4.31 Å². The van der Waals surface area contributed by atoms with Crippen molar-refractivity contribution in [3.63, 3.8) is 0 Å². The van der Waals surface area contributed by atoms with Crippen LogP contribution < -0.4 is 0 Å². The lowest BCUT2D eigenvalue weighted by Gasteiger charge is -2.34. The molecule has 0 radical (unpaired) electrons. The lowest BCUT2D eigenvalue weighted by Crippen LogP contribution is -2.49. The van der Waals surface area contributed by atoms with Crippen molar-refractivity contribution in [1.29, 1.82) is 0 Å². The summed E-state index contributed by atoms with van der Waals surface area (Å²) in [7, 11) is -3.10. The average molecular weight is 283 g/mol. The lowest BCUT2D eigenvalue weighted by atomic mass is 10.2. The van der Waals surface area contributed by atoms with Crippen molar-refractivity contribution in [2.75, 3.05) is 26.2 Å². The van der Waals surface area contributed by atoms with Crippen molar-refractivity contribution in [3.05, 3.63) is 30.1 Å². The highest BCUT2D eigenvalue weighted by molar-refractivity contribution is 7.89. The molecule has 0 saturated carbocycles. The number of hydrogen-bond acceptors (Lipinski definition) is 4. The summed E-state index contributed by atoms with van der Waals surface area (Å²) >= 11 is 0.